The average Bonchev–Trinajstić information content (AvgIpc) is 2.72. The van der Waals surface area contributed by atoms with Gasteiger partial charge in [-0.2, -0.15) is 0 Å². The molecule has 15 heavy (non-hydrogen) atoms. The van der Waals surface area contributed by atoms with E-state index in [0.29, 0.717) is 5.92 Å². The summed E-state index contributed by atoms with van der Waals surface area (Å²) in [5.74, 6) is 0.400. The largest absolute Gasteiger partial charge is 0.385 e. The summed E-state index contributed by atoms with van der Waals surface area (Å²) < 4.78 is 9.01. The number of rotatable bonds is 6. The molecule has 0 fully saturated rings. The predicted molar refractivity (Wildman–Crippen MR) is 61.9 cm³/mol. The molecule has 1 rings (SSSR count). The van der Waals surface area contributed by atoms with E-state index in [1.165, 1.54) is 11.5 Å². The van der Waals surface area contributed by atoms with E-state index in [1.807, 2.05) is 0 Å². The molecule has 0 bridgehead atoms. The summed E-state index contributed by atoms with van der Waals surface area (Å²) in [5, 5.41) is 4.08. The van der Waals surface area contributed by atoms with Crippen LogP contribution in [0.3, 0.4) is 0 Å². The van der Waals surface area contributed by atoms with Crippen molar-refractivity contribution >= 4 is 11.5 Å². The van der Waals surface area contributed by atoms with Gasteiger partial charge in [-0.3, -0.25) is 0 Å². The van der Waals surface area contributed by atoms with Crippen LogP contribution >= 0.6 is 11.5 Å². The molecule has 5 heteroatoms. The Hall–Kier alpha value is -0.520. The maximum absolute atomic E-state index is 6.17. The van der Waals surface area contributed by atoms with Gasteiger partial charge in [-0.25, -0.2) is 0 Å². The van der Waals surface area contributed by atoms with Gasteiger partial charge in [0.25, 0.3) is 0 Å². The summed E-state index contributed by atoms with van der Waals surface area (Å²) in [4.78, 5) is 1.13. The van der Waals surface area contributed by atoms with Gasteiger partial charge in [-0.05, 0) is 30.3 Å². The molecule has 4 nitrogen and oxygen atoms in total. The maximum Gasteiger partial charge on any atom is 0.0801 e. The van der Waals surface area contributed by atoms with E-state index < -0.39 is 0 Å². The third-order valence-corrected chi connectivity index (χ3v) is 3.48. The molecule has 2 unspecified atom stereocenters. The summed E-state index contributed by atoms with van der Waals surface area (Å²) in [5.41, 5.74) is 7.21. The lowest BCUT2D eigenvalue weighted by Crippen LogP contribution is -2.20. The first-order chi connectivity index (χ1) is 7.20. The molecule has 0 amide bonds. The number of hydrogen-bond acceptors (Lipinski definition) is 5. The standard InChI is InChI=1S/C10H19N3OS/c1-4-8-10(15-13-12-8)9(11)7(2)5-6-14-3/h7,9H,4-6,11H2,1-3H3. The van der Waals surface area contributed by atoms with Crippen LogP contribution in [0.1, 0.15) is 36.9 Å². The molecular formula is C10H19N3OS. The predicted octanol–water partition coefficient (Wildman–Crippen LogP) is 1.77. The number of nitrogens with zero attached hydrogens (tertiary/aromatic N) is 2. The highest BCUT2D eigenvalue weighted by atomic mass is 32.1. The Bertz CT molecular complexity index is 290. The van der Waals surface area contributed by atoms with E-state index in [1.54, 1.807) is 7.11 Å². The zero-order chi connectivity index (χ0) is 11.3. The van der Waals surface area contributed by atoms with E-state index in [9.17, 15) is 0 Å². The first-order valence-electron chi connectivity index (χ1n) is 5.26. The van der Waals surface area contributed by atoms with Crippen LogP contribution in [-0.2, 0) is 11.2 Å². The number of ether oxygens (including phenoxy) is 1. The Kier molecular flexibility index (Phi) is 5.14. The summed E-state index contributed by atoms with van der Waals surface area (Å²) in [6, 6.07) is 0.0371. The van der Waals surface area contributed by atoms with Crippen molar-refractivity contribution in [3.05, 3.63) is 10.6 Å². The molecule has 0 spiro atoms. The molecule has 0 saturated heterocycles. The van der Waals surface area contributed by atoms with Gasteiger partial charge in [0.2, 0.25) is 0 Å². The third kappa shape index (κ3) is 3.22. The quantitative estimate of drug-likeness (QED) is 0.807. The Labute approximate surface area is 95.0 Å². The maximum atomic E-state index is 6.17. The van der Waals surface area contributed by atoms with Gasteiger partial charge in [0.15, 0.2) is 0 Å². The SMILES string of the molecule is CCc1nnsc1C(N)C(C)CCOC. The normalized spacial score (nSPS) is 15.2. The minimum Gasteiger partial charge on any atom is -0.385 e. The van der Waals surface area contributed by atoms with Crippen LogP contribution in [-0.4, -0.2) is 23.3 Å². The Morgan fingerprint density at radius 3 is 2.87 bits per heavy atom. The lowest BCUT2D eigenvalue weighted by Gasteiger charge is -2.18. The van der Waals surface area contributed by atoms with Crippen molar-refractivity contribution < 1.29 is 4.74 Å². The van der Waals surface area contributed by atoms with Crippen LogP contribution in [0.25, 0.3) is 0 Å². The Morgan fingerprint density at radius 1 is 1.53 bits per heavy atom. The van der Waals surface area contributed by atoms with Crippen molar-refractivity contribution in [3.8, 4) is 0 Å². The molecule has 2 N–H and O–H groups in total. The van der Waals surface area contributed by atoms with E-state index in [0.717, 1.165) is 30.0 Å². The molecule has 1 heterocycles. The van der Waals surface area contributed by atoms with Crippen molar-refractivity contribution in [1.29, 1.82) is 0 Å². The molecule has 1 aromatic rings. The minimum atomic E-state index is 0.0371. The molecule has 0 aliphatic heterocycles. The summed E-state index contributed by atoms with van der Waals surface area (Å²) in [6.07, 6.45) is 1.87. The lowest BCUT2D eigenvalue weighted by molar-refractivity contribution is 0.175. The Balaban J connectivity index is 2.62. The van der Waals surface area contributed by atoms with Gasteiger partial charge in [-0.15, -0.1) is 5.10 Å². The Morgan fingerprint density at radius 2 is 2.27 bits per heavy atom. The fourth-order valence-electron chi connectivity index (χ4n) is 1.46. The number of aromatic nitrogens is 2. The highest BCUT2D eigenvalue weighted by Crippen LogP contribution is 2.26. The number of aryl methyl sites for hydroxylation is 1. The van der Waals surface area contributed by atoms with Gasteiger partial charge < -0.3 is 10.5 Å². The first kappa shape index (κ1) is 12.5. The molecular weight excluding hydrogens is 210 g/mol. The van der Waals surface area contributed by atoms with Crippen LogP contribution < -0.4 is 5.73 Å². The van der Waals surface area contributed by atoms with Crippen molar-refractivity contribution in [1.82, 2.24) is 9.59 Å². The van der Waals surface area contributed by atoms with E-state index in [2.05, 4.69) is 23.4 Å². The number of hydrogen-bond donors (Lipinski definition) is 1. The minimum absolute atomic E-state index is 0.0371. The van der Waals surface area contributed by atoms with E-state index in [-0.39, 0.29) is 6.04 Å². The van der Waals surface area contributed by atoms with E-state index >= 15 is 0 Å². The third-order valence-electron chi connectivity index (χ3n) is 2.61. The zero-order valence-electron chi connectivity index (χ0n) is 9.56. The molecule has 0 saturated carbocycles. The highest BCUT2D eigenvalue weighted by molar-refractivity contribution is 7.05. The molecule has 0 aliphatic carbocycles. The molecule has 0 radical (unpaired) electrons. The van der Waals surface area contributed by atoms with Crippen molar-refractivity contribution in [2.24, 2.45) is 11.7 Å². The monoisotopic (exact) mass is 229 g/mol. The molecule has 0 aliphatic rings. The fraction of sp³-hybridized carbons (Fsp3) is 0.800. The number of methoxy groups -OCH3 is 1. The van der Waals surface area contributed by atoms with Gasteiger partial charge in [-0.1, -0.05) is 18.3 Å². The van der Waals surface area contributed by atoms with Gasteiger partial charge in [0, 0.05) is 19.8 Å². The van der Waals surface area contributed by atoms with Crippen LogP contribution in [0.15, 0.2) is 0 Å². The van der Waals surface area contributed by atoms with Crippen LogP contribution in [0.2, 0.25) is 0 Å². The van der Waals surface area contributed by atoms with Gasteiger partial charge >= 0.3 is 0 Å². The topological polar surface area (TPSA) is 61.0 Å². The van der Waals surface area contributed by atoms with E-state index in [4.69, 9.17) is 10.5 Å². The lowest BCUT2D eigenvalue weighted by atomic mass is 9.97. The highest BCUT2D eigenvalue weighted by Gasteiger charge is 2.20. The van der Waals surface area contributed by atoms with Crippen molar-refractivity contribution in [2.45, 2.75) is 32.7 Å². The molecule has 2 atom stereocenters. The smallest absolute Gasteiger partial charge is 0.0801 e. The van der Waals surface area contributed by atoms with Crippen LogP contribution in [0.5, 0.6) is 0 Å². The second kappa shape index (κ2) is 6.15. The zero-order valence-corrected chi connectivity index (χ0v) is 10.4. The second-order valence-electron chi connectivity index (χ2n) is 3.72. The molecule has 86 valence electrons. The first-order valence-corrected chi connectivity index (χ1v) is 6.03. The average molecular weight is 229 g/mol. The van der Waals surface area contributed by atoms with Crippen molar-refractivity contribution in [3.63, 3.8) is 0 Å². The van der Waals surface area contributed by atoms with Gasteiger partial charge in [0.1, 0.15) is 0 Å². The number of nitrogens with two attached hydrogens (primary N) is 1. The van der Waals surface area contributed by atoms with Crippen LogP contribution in [0, 0.1) is 5.92 Å². The van der Waals surface area contributed by atoms with Crippen LogP contribution in [0.4, 0.5) is 0 Å². The summed E-state index contributed by atoms with van der Waals surface area (Å²) in [7, 11) is 1.71. The van der Waals surface area contributed by atoms with Gasteiger partial charge in [0.05, 0.1) is 10.6 Å². The molecule has 0 aromatic carbocycles. The van der Waals surface area contributed by atoms with Crippen molar-refractivity contribution in [2.75, 3.05) is 13.7 Å². The second-order valence-corrected chi connectivity index (χ2v) is 4.51. The molecule has 1 aromatic heterocycles. The summed E-state index contributed by atoms with van der Waals surface area (Å²) in [6.45, 7) is 4.97. The fourth-order valence-corrected chi connectivity index (χ4v) is 2.33. The summed E-state index contributed by atoms with van der Waals surface area (Å²) >= 11 is 1.42.